The Labute approximate surface area is 148 Å². The Bertz CT molecular complexity index is 643. The minimum Gasteiger partial charge on any atom is -0.339 e. The van der Waals surface area contributed by atoms with Crippen LogP contribution in [0.2, 0.25) is 0 Å². The standard InChI is InChI=1S/C19H26FN3O2/c1-14-11-18(16-5-3-4-6-17(16)20)23(12-14)13-19(25)22-9-7-21(8-10-22)15(2)24/h3-6,14,18H,7-13H2,1-2H3/t14-,18-/m0/s1. The summed E-state index contributed by atoms with van der Waals surface area (Å²) >= 11 is 0. The maximum atomic E-state index is 14.2. The number of amides is 2. The smallest absolute Gasteiger partial charge is 0.236 e. The second-order valence-corrected chi connectivity index (χ2v) is 7.19. The van der Waals surface area contributed by atoms with Crippen LogP contribution in [-0.2, 0) is 9.59 Å². The molecule has 3 rings (SSSR count). The molecule has 2 aliphatic rings. The molecule has 5 nitrogen and oxygen atoms in total. The van der Waals surface area contributed by atoms with Gasteiger partial charge in [-0.2, -0.15) is 0 Å². The average Bonchev–Trinajstić information content (AvgIpc) is 2.95. The molecule has 2 amide bonds. The Morgan fingerprint density at radius 1 is 1.12 bits per heavy atom. The van der Waals surface area contributed by atoms with Crippen LogP contribution in [0, 0.1) is 11.7 Å². The third-order valence-corrected chi connectivity index (χ3v) is 5.29. The van der Waals surface area contributed by atoms with Crippen molar-refractivity contribution in [3.63, 3.8) is 0 Å². The highest BCUT2D eigenvalue weighted by molar-refractivity contribution is 5.79. The lowest BCUT2D eigenvalue weighted by Gasteiger charge is -2.35. The zero-order valence-corrected chi connectivity index (χ0v) is 14.9. The largest absolute Gasteiger partial charge is 0.339 e. The van der Waals surface area contributed by atoms with Crippen molar-refractivity contribution in [1.29, 1.82) is 0 Å². The van der Waals surface area contributed by atoms with Crippen LogP contribution in [0.5, 0.6) is 0 Å². The van der Waals surface area contributed by atoms with Gasteiger partial charge in [0.05, 0.1) is 6.54 Å². The highest BCUT2D eigenvalue weighted by Crippen LogP contribution is 2.36. The first-order valence-electron chi connectivity index (χ1n) is 8.97. The van der Waals surface area contributed by atoms with Gasteiger partial charge in [0.1, 0.15) is 5.82 Å². The Hall–Kier alpha value is -1.95. The van der Waals surface area contributed by atoms with Gasteiger partial charge >= 0.3 is 0 Å². The van der Waals surface area contributed by atoms with Gasteiger partial charge in [-0.1, -0.05) is 25.1 Å². The summed E-state index contributed by atoms with van der Waals surface area (Å²) < 4.78 is 14.2. The van der Waals surface area contributed by atoms with E-state index in [0.29, 0.717) is 44.2 Å². The quantitative estimate of drug-likeness (QED) is 0.839. The molecule has 0 bridgehead atoms. The maximum Gasteiger partial charge on any atom is 0.236 e. The van der Waals surface area contributed by atoms with Gasteiger partial charge in [0.2, 0.25) is 11.8 Å². The molecule has 1 aromatic rings. The minimum absolute atomic E-state index is 0.0429. The normalized spacial score (nSPS) is 24.6. The topological polar surface area (TPSA) is 43.9 Å². The molecule has 0 aliphatic carbocycles. The van der Waals surface area contributed by atoms with Crippen LogP contribution >= 0.6 is 0 Å². The lowest BCUT2D eigenvalue weighted by Crippen LogP contribution is -2.52. The molecule has 0 aromatic heterocycles. The second kappa shape index (κ2) is 7.52. The van der Waals surface area contributed by atoms with Gasteiger partial charge in [-0.25, -0.2) is 4.39 Å². The number of nitrogens with zero attached hydrogens (tertiary/aromatic N) is 3. The molecule has 1 aromatic carbocycles. The molecule has 6 heteroatoms. The van der Waals surface area contributed by atoms with Crippen molar-refractivity contribution >= 4 is 11.8 Å². The fourth-order valence-electron chi connectivity index (χ4n) is 3.92. The molecule has 2 atom stereocenters. The molecule has 0 radical (unpaired) electrons. The van der Waals surface area contributed by atoms with Crippen LogP contribution in [0.15, 0.2) is 24.3 Å². The third-order valence-electron chi connectivity index (χ3n) is 5.29. The van der Waals surface area contributed by atoms with E-state index in [-0.39, 0.29) is 23.7 Å². The highest BCUT2D eigenvalue weighted by Gasteiger charge is 2.34. The Balaban J connectivity index is 1.64. The molecule has 2 fully saturated rings. The van der Waals surface area contributed by atoms with Crippen molar-refractivity contribution in [3.05, 3.63) is 35.6 Å². The predicted molar refractivity (Wildman–Crippen MR) is 93.3 cm³/mol. The van der Waals surface area contributed by atoms with E-state index in [1.54, 1.807) is 17.9 Å². The van der Waals surface area contributed by atoms with E-state index in [1.807, 2.05) is 17.0 Å². The van der Waals surface area contributed by atoms with Gasteiger partial charge in [-0.05, 0) is 18.4 Å². The number of hydrogen-bond acceptors (Lipinski definition) is 3. The molecule has 0 spiro atoms. The van der Waals surface area contributed by atoms with E-state index in [0.717, 1.165) is 13.0 Å². The second-order valence-electron chi connectivity index (χ2n) is 7.19. The van der Waals surface area contributed by atoms with Crippen LogP contribution in [0.25, 0.3) is 0 Å². The summed E-state index contributed by atoms with van der Waals surface area (Å²) in [6.45, 7) is 7.15. The van der Waals surface area contributed by atoms with Crippen LogP contribution in [0.1, 0.15) is 31.9 Å². The van der Waals surface area contributed by atoms with Gasteiger partial charge in [0.15, 0.2) is 0 Å². The zero-order valence-electron chi connectivity index (χ0n) is 14.9. The summed E-state index contributed by atoms with van der Waals surface area (Å²) in [5.74, 6) is 0.361. The molecular weight excluding hydrogens is 321 g/mol. The van der Waals surface area contributed by atoms with Crippen LogP contribution in [0.3, 0.4) is 0 Å². The van der Waals surface area contributed by atoms with Crippen molar-refractivity contribution < 1.29 is 14.0 Å². The van der Waals surface area contributed by atoms with Gasteiger partial charge in [-0.3, -0.25) is 14.5 Å². The summed E-state index contributed by atoms with van der Waals surface area (Å²) in [5.41, 5.74) is 0.682. The molecule has 25 heavy (non-hydrogen) atoms. The number of piperazine rings is 1. The highest BCUT2D eigenvalue weighted by atomic mass is 19.1. The third kappa shape index (κ3) is 4.00. The maximum absolute atomic E-state index is 14.2. The first-order chi connectivity index (χ1) is 12.0. The monoisotopic (exact) mass is 347 g/mol. The SMILES string of the molecule is CC(=O)N1CCN(C(=O)CN2C[C@@H](C)C[C@H]2c2ccccc2F)CC1. The molecule has 136 valence electrons. The Morgan fingerprint density at radius 2 is 1.76 bits per heavy atom. The van der Waals surface area contributed by atoms with E-state index >= 15 is 0 Å². The van der Waals surface area contributed by atoms with Gasteiger partial charge in [0, 0.05) is 51.3 Å². The fraction of sp³-hybridized carbons (Fsp3) is 0.579. The van der Waals surface area contributed by atoms with Crippen LogP contribution in [0.4, 0.5) is 4.39 Å². The summed E-state index contributed by atoms with van der Waals surface area (Å²) in [6, 6.07) is 6.81. The number of hydrogen-bond donors (Lipinski definition) is 0. The lowest BCUT2D eigenvalue weighted by atomic mass is 10.0. The Kier molecular flexibility index (Phi) is 5.37. The van der Waals surface area contributed by atoms with Crippen molar-refractivity contribution in [2.24, 2.45) is 5.92 Å². The summed E-state index contributed by atoms with van der Waals surface area (Å²) in [6.07, 6.45) is 0.867. The number of halogens is 1. The molecule has 2 aliphatic heterocycles. The summed E-state index contributed by atoms with van der Waals surface area (Å²) in [4.78, 5) is 29.8. The van der Waals surface area contributed by atoms with E-state index < -0.39 is 0 Å². The van der Waals surface area contributed by atoms with E-state index in [2.05, 4.69) is 11.8 Å². The van der Waals surface area contributed by atoms with E-state index in [1.165, 1.54) is 6.07 Å². The number of carbonyl (C=O) groups excluding carboxylic acids is 2. The number of carbonyl (C=O) groups is 2. The van der Waals surface area contributed by atoms with E-state index in [9.17, 15) is 14.0 Å². The molecular formula is C19H26FN3O2. The van der Waals surface area contributed by atoms with Crippen LogP contribution in [-0.4, -0.2) is 65.8 Å². The average molecular weight is 347 g/mol. The number of likely N-dealkylation sites (tertiary alicyclic amines) is 1. The first kappa shape index (κ1) is 17.9. The van der Waals surface area contributed by atoms with Crippen molar-refractivity contribution in [2.75, 3.05) is 39.3 Å². The zero-order chi connectivity index (χ0) is 18.0. The lowest BCUT2D eigenvalue weighted by molar-refractivity contribution is -0.139. The number of rotatable bonds is 3. The van der Waals surface area contributed by atoms with Gasteiger partial charge in [-0.15, -0.1) is 0 Å². The number of benzene rings is 1. The van der Waals surface area contributed by atoms with Crippen molar-refractivity contribution in [2.45, 2.75) is 26.3 Å². The molecule has 2 heterocycles. The molecule has 0 N–H and O–H groups in total. The van der Waals surface area contributed by atoms with Crippen LogP contribution < -0.4 is 0 Å². The summed E-state index contributed by atoms with van der Waals surface area (Å²) in [5, 5.41) is 0. The first-order valence-corrected chi connectivity index (χ1v) is 8.97. The molecule has 0 saturated carbocycles. The predicted octanol–water partition coefficient (Wildman–Crippen LogP) is 1.90. The Morgan fingerprint density at radius 3 is 2.40 bits per heavy atom. The van der Waals surface area contributed by atoms with Crippen molar-refractivity contribution in [1.82, 2.24) is 14.7 Å². The fourth-order valence-corrected chi connectivity index (χ4v) is 3.92. The summed E-state index contributed by atoms with van der Waals surface area (Å²) in [7, 11) is 0. The minimum atomic E-state index is -0.200. The van der Waals surface area contributed by atoms with Gasteiger partial charge < -0.3 is 9.80 Å². The van der Waals surface area contributed by atoms with Gasteiger partial charge in [0.25, 0.3) is 0 Å². The van der Waals surface area contributed by atoms with E-state index in [4.69, 9.17) is 0 Å². The molecule has 0 unspecified atom stereocenters. The van der Waals surface area contributed by atoms with Crippen molar-refractivity contribution in [3.8, 4) is 0 Å². The molecule has 2 saturated heterocycles.